The molecule has 3 rings (SSSR count). The molecule has 12 N–H and O–H groups in total. The second-order valence-electron chi connectivity index (χ2n) is 26.4. The molecular weight excluding hydrogens is 1250 g/mol. The molecule has 0 aromatic carbocycles. The van der Waals surface area contributed by atoms with E-state index < -0.39 is 124 Å². The highest BCUT2D eigenvalue weighted by Crippen LogP contribution is 2.33. The quantitative estimate of drug-likeness (QED) is 0.0199. The summed E-state index contributed by atoms with van der Waals surface area (Å²) in [6.45, 7) is 1.58. The van der Waals surface area contributed by atoms with Gasteiger partial charge in [-0.25, -0.2) is 0 Å². The van der Waals surface area contributed by atoms with Gasteiger partial charge >= 0.3 is 0 Å². The van der Waals surface area contributed by atoms with Gasteiger partial charge in [0.15, 0.2) is 18.9 Å². The molecule has 0 saturated carbocycles. The molecule has 0 spiro atoms. The molecule has 0 aromatic rings. The molecule has 1 amide bonds. The number of hydrogen-bond donors (Lipinski definition) is 12. The molecule has 17 unspecified atom stereocenters. The van der Waals surface area contributed by atoms with Gasteiger partial charge in [-0.2, -0.15) is 0 Å². The number of carbonyl (C=O) groups excluding carboxylic acids is 1. The van der Waals surface area contributed by atoms with E-state index in [0.29, 0.717) is 12.8 Å². The van der Waals surface area contributed by atoms with Gasteiger partial charge in [0.25, 0.3) is 0 Å². The van der Waals surface area contributed by atoms with Crippen LogP contribution >= 0.6 is 0 Å². The van der Waals surface area contributed by atoms with Crippen LogP contribution < -0.4 is 5.32 Å². The molecule has 0 radical (unpaired) electrons. The zero-order chi connectivity index (χ0) is 71.1. The number of rotatable bonds is 57. The van der Waals surface area contributed by atoms with Crippen molar-refractivity contribution in [3.05, 3.63) is 122 Å². The zero-order valence-electron chi connectivity index (χ0n) is 59.7. The first-order chi connectivity index (χ1) is 47.8. The maximum Gasteiger partial charge on any atom is 0.220 e. The number of amides is 1. The summed E-state index contributed by atoms with van der Waals surface area (Å²) in [6, 6.07) is -1.01. The first kappa shape index (κ1) is 88.4. The van der Waals surface area contributed by atoms with Gasteiger partial charge in [-0.3, -0.25) is 4.79 Å². The van der Waals surface area contributed by atoms with E-state index >= 15 is 0 Å². The fraction of sp³-hybridized carbons (Fsp3) is 0.734. The lowest BCUT2D eigenvalue weighted by molar-refractivity contribution is -0.379. The van der Waals surface area contributed by atoms with Crippen LogP contribution in [-0.4, -0.2) is 193 Å². The average molecular weight is 1380 g/mol. The zero-order valence-corrected chi connectivity index (χ0v) is 59.7. The summed E-state index contributed by atoms with van der Waals surface area (Å²) in [5.74, 6) is -0.295. The lowest BCUT2D eigenvalue weighted by Crippen LogP contribution is -2.66. The molecule has 98 heavy (non-hydrogen) atoms. The first-order valence-electron chi connectivity index (χ1n) is 37.8. The van der Waals surface area contributed by atoms with Crippen LogP contribution in [-0.2, 0) is 33.2 Å². The van der Waals surface area contributed by atoms with Gasteiger partial charge in [0.2, 0.25) is 5.91 Å². The first-order valence-corrected chi connectivity index (χ1v) is 37.8. The lowest BCUT2D eigenvalue weighted by Gasteiger charge is -2.48. The summed E-state index contributed by atoms with van der Waals surface area (Å²) < 4.78 is 34.4. The molecule has 3 fully saturated rings. The Bertz CT molecular complexity index is 2250. The van der Waals surface area contributed by atoms with Crippen LogP contribution in [0.5, 0.6) is 0 Å². The highest BCUT2D eigenvalue weighted by Gasteiger charge is 2.53. The van der Waals surface area contributed by atoms with Crippen molar-refractivity contribution >= 4 is 5.91 Å². The third-order valence-corrected chi connectivity index (χ3v) is 18.0. The Morgan fingerprint density at radius 1 is 0.378 bits per heavy atom. The largest absolute Gasteiger partial charge is 0.394 e. The van der Waals surface area contributed by atoms with Crippen molar-refractivity contribution in [1.82, 2.24) is 5.32 Å². The minimum absolute atomic E-state index is 0.223. The molecule has 3 heterocycles. The minimum atomic E-state index is -1.99. The summed E-state index contributed by atoms with van der Waals surface area (Å²) in [6.07, 6.45) is 54.6. The van der Waals surface area contributed by atoms with Crippen LogP contribution in [0.1, 0.15) is 239 Å². The Kier molecular flexibility index (Phi) is 52.9. The van der Waals surface area contributed by atoms with Gasteiger partial charge in [-0.05, 0) is 103 Å². The van der Waals surface area contributed by atoms with E-state index in [9.17, 15) is 61.0 Å². The van der Waals surface area contributed by atoms with Gasteiger partial charge in [-0.1, -0.05) is 251 Å². The number of carbonyl (C=O) groups is 1. The third kappa shape index (κ3) is 39.0. The van der Waals surface area contributed by atoms with Crippen LogP contribution in [0.25, 0.3) is 0 Å². The Hall–Kier alpha value is -3.81. The number of hydrogen-bond acceptors (Lipinski definition) is 18. The predicted octanol–water partition coefficient (Wildman–Crippen LogP) is 11.6. The van der Waals surface area contributed by atoms with Crippen molar-refractivity contribution in [3.63, 3.8) is 0 Å². The van der Waals surface area contributed by atoms with Crippen molar-refractivity contribution in [2.24, 2.45) is 0 Å². The molecule has 3 aliphatic heterocycles. The molecule has 0 aromatic heterocycles. The molecule has 0 bridgehead atoms. The molecular formula is C79H133NO18. The van der Waals surface area contributed by atoms with E-state index in [0.717, 1.165) is 103 Å². The molecule has 19 heteroatoms. The number of aliphatic hydroxyl groups is 11. The topological polar surface area (TPSA) is 307 Å². The number of allylic oxidation sites excluding steroid dienone is 19. The van der Waals surface area contributed by atoms with Crippen molar-refractivity contribution in [2.75, 3.05) is 26.4 Å². The van der Waals surface area contributed by atoms with Gasteiger partial charge in [0.05, 0.1) is 38.6 Å². The molecule has 17 atom stereocenters. The average Bonchev–Trinajstić information content (AvgIpc) is 0.785. The highest BCUT2D eigenvalue weighted by molar-refractivity contribution is 5.76. The molecule has 3 aliphatic rings. The number of aliphatic hydroxyl groups excluding tert-OH is 11. The van der Waals surface area contributed by atoms with E-state index in [1.807, 2.05) is 6.08 Å². The monoisotopic (exact) mass is 1380 g/mol. The maximum absolute atomic E-state index is 13.4. The van der Waals surface area contributed by atoms with Gasteiger partial charge in [0, 0.05) is 6.42 Å². The van der Waals surface area contributed by atoms with E-state index in [4.69, 9.17) is 28.4 Å². The summed E-state index contributed by atoms with van der Waals surface area (Å²) in [5.41, 5.74) is 0. The minimum Gasteiger partial charge on any atom is -0.394 e. The molecule has 562 valence electrons. The van der Waals surface area contributed by atoms with E-state index in [2.05, 4.69) is 129 Å². The van der Waals surface area contributed by atoms with Gasteiger partial charge < -0.3 is 89.9 Å². The van der Waals surface area contributed by atoms with E-state index in [-0.39, 0.29) is 18.9 Å². The highest BCUT2D eigenvalue weighted by atomic mass is 16.8. The van der Waals surface area contributed by atoms with E-state index in [1.54, 1.807) is 6.08 Å². The maximum atomic E-state index is 13.4. The number of nitrogens with one attached hydrogen (secondary N) is 1. The fourth-order valence-corrected chi connectivity index (χ4v) is 11.9. The van der Waals surface area contributed by atoms with Crippen molar-refractivity contribution < 1.29 is 89.4 Å². The van der Waals surface area contributed by atoms with Crippen LogP contribution in [0.2, 0.25) is 0 Å². The van der Waals surface area contributed by atoms with E-state index in [1.165, 1.54) is 103 Å². The predicted molar refractivity (Wildman–Crippen MR) is 387 cm³/mol. The lowest BCUT2D eigenvalue weighted by atomic mass is 9.96. The second-order valence-corrected chi connectivity index (χ2v) is 26.4. The third-order valence-electron chi connectivity index (χ3n) is 18.0. The van der Waals surface area contributed by atoms with Crippen molar-refractivity contribution in [2.45, 2.75) is 343 Å². The van der Waals surface area contributed by atoms with Crippen LogP contribution in [0.15, 0.2) is 122 Å². The summed E-state index contributed by atoms with van der Waals surface area (Å²) >= 11 is 0. The standard InChI is InChI=1S/C79H133NO18/c1-3-5-7-9-11-13-15-17-19-21-23-24-25-26-27-28-29-30-31-32-33-34-35-36-37-38-39-41-43-45-47-49-51-53-55-57-67(85)80-62(63(84)56-54-52-50-48-46-44-42-40-22-20-18-16-14-12-10-8-6-4-2)61-93-77-73(91)70(88)75(65(59-82)95-77)98-79-74(92)71(89)76(66(60-83)96-79)97-78-72(90)69(87)68(86)64(58-81)94-78/h5,7,11,13,17,19,22-24,26-27,29-30,32-33,40,46,48,54,56,62-66,68-79,81-84,86-92H,3-4,6,8-10,12,14-16,18,20-21,25,28,31,34-39,41-45,47,49-53,55,57-61H2,1-2H3,(H,80,85)/b7-5-,13-11-,19-17-,24-23-,27-26-,30-29-,33-32-,40-22+,48-46+,56-54+. The van der Waals surface area contributed by atoms with Gasteiger partial charge in [-0.15, -0.1) is 0 Å². The van der Waals surface area contributed by atoms with Crippen LogP contribution in [0.3, 0.4) is 0 Å². The Morgan fingerprint density at radius 2 is 0.714 bits per heavy atom. The number of unbranched alkanes of at least 4 members (excludes halogenated alkanes) is 23. The second kappa shape index (κ2) is 58.7. The SMILES string of the molecule is CC/C=C\C/C=C\C/C=C\C/C=C\C/C=C\C/C=C\C/C=C\CCCCCCCCCCCCCCCC(=O)NC(COC1OC(CO)C(OC2OC(CO)C(OC3OC(CO)C(O)C(O)C3O)C(O)C2O)C(O)C1O)C(O)/C=C/CC/C=C/CC/C=C/CCCCCCCCCC. The molecule has 19 nitrogen and oxygen atoms in total. The smallest absolute Gasteiger partial charge is 0.220 e. The van der Waals surface area contributed by atoms with Crippen molar-refractivity contribution in [1.29, 1.82) is 0 Å². The normalized spacial score (nSPS) is 27.5. The Balaban J connectivity index is 1.38. The Morgan fingerprint density at radius 3 is 1.14 bits per heavy atom. The molecule has 0 aliphatic carbocycles. The summed E-state index contributed by atoms with van der Waals surface area (Å²) in [4.78, 5) is 13.4. The molecule has 3 saturated heterocycles. The van der Waals surface area contributed by atoms with Crippen LogP contribution in [0, 0.1) is 0 Å². The van der Waals surface area contributed by atoms with Gasteiger partial charge in [0.1, 0.15) is 73.2 Å². The fourth-order valence-electron chi connectivity index (χ4n) is 11.9. The van der Waals surface area contributed by atoms with Crippen LogP contribution in [0.4, 0.5) is 0 Å². The number of ether oxygens (including phenoxy) is 6. The summed E-state index contributed by atoms with van der Waals surface area (Å²) in [5, 5.41) is 121. The van der Waals surface area contributed by atoms with Crippen molar-refractivity contribution in [3.8, 4) is 0 Å². The summed E-state index contributed by atoms with van der Waals surface area (Å²) in [7, 11) is 0. The Labute approximate surface area is 588 Å².